The summed E-state index contributed by atoms with van der Waals surface area (Å²) in [5.41, 5.74) is 2.41. The minimum Gasteiger partial charge on any atom is -0.497 e. The van der Waals surface area contributed by atoms with E-state index in [2.05, 4.69) is 36.3 Å². The number of hydrogen-bond donors (Lipinski definition) is 2. The highest BCUT2D eigenvalue weighted by Gasteiger charge is 2.15. The van der Waals surface area contributed by atoms with Crippen LogP contribution in [0.15, 0.2) is 22.8 Å². The number of aromatic nitrogens is 4. The number of aryl methyl sites for hydroxylation is 1. The van der Waals surface area contributed by atoms with Gasteiger partial charge in [-0.25, -0.2) is 14.5 Å². The Morgan fingerprint density at radius 2 is 2.04 bits per heavy atom. The van der Waals surface area contributed by atoms with Crippen LogP contribution < -0.4 is 14.8 Å². The SMILES string of the molecule is COc1ccc(CNc2nc(Br)c(C)n3nc(CCO)nc23)c(OC)c1. The predicted octanol–water partition coefficient (Wildman–Crippen LogP) is 2.36. The van der Waals surface area contributed by atoms with Crippen LogP contribution in [0, 0.1) is 6.92 Å². The number of nitrogens with one attached hydrogen (secondary N) is 1. The second-order valence-corrected chi connectivity index (χ2v) is 6.36. The molecule has 2 aromatic heterocycles. The molecule has 0 aliphatic heterocycles. The molecule has 2 heterocycles. The minimum atomic E-state index is -0.00363. The molecule has 0 aliphatic rings. The maximum Gasteiger partial charge on any atom is 0.198 e. The fourth-order valence-electron chi connectivity index (χ4n) is 2.56. The summed E-state index contributed by atoms with van der Waals surface area (Å²) in [6.45, 7) is 2.39. The molecule has 2 N–H and O–H groups in total. The molecular weight excluding hydrogens is 402 g/mol. The van der Waals surface area contributed by atoms with Crippen LogP contribution in [0.4, 0.5) is 5.82 Å². The van der Waals surface area contributed by atoms with Gasteiger partial charge in [-0.3, -0.25) is 0 Å². The Labute approximate surface area is 159 Å². The van der Waals surface area contributed by atoms with E-state index < -0.39 is 0 Å². The summed E-state index contributed by atoms with van der Waals surface area (Å²) < 4.78 is 13.1. The van der Waals surface area contributed by atoms with Gasteiger partial charge in [0.25, 0.3) is 0 Å². The number of methoxy groups -OCH3 is 2. The standard InChI is InChI=1S/C17H20BrN5O3/c1-10-15(18)21-16(17-20-14(6-7-24)22-23(10)17)19-9-11-4-5-12(25-2)8-13(11)26-3/h4-5,8,24H,6-7,9H2,1-3H3,(H,19,21). The summed E-state index contributed by atoms with van der Waals surface area (Å²) in [6.07, 6.45) is 0.393. The number of ether oxygens (including phenoxy) is 2. The second kappa shape index (κ2) is 7.88. The summed E-state index contributed by atoms with van der Waals surface area (Å²) in [7, 11) is 3.24. The molecule has 0 radical (unpaired) electrons. The molecule has 0 unspecified atom stereocenters. The molecule has 0 saturated carbocycles. The van der Waals surface area contributed by atoms with Crippen molar-refractivity contribution in [2.24, 2.45) is 0 Å². The van der Waals surface area contributed by atoms with E-state index in [4.69, 9.17) is 14.6 Å². The highest BCUT2D eigenvalue weighted by Crippen LogP contribution is 2.26. The molecular formula is C17H20BrN5O3. The average molecular weight is 422 g/mol. The lowest BCUT2D eigenvalue weighted by molar-refractivity contribution is 0.296. The normalized spacial score (nSPS) is 11.0. The molecule has 0 spiro atoms. The Morgan fingerprint density at radius 3 is 2.73 bits per heavy atom. The van der Waals surface area contributed by atoms with E-state index in [9.17, 15) is 0 Å². The van der Waals surface area contributed by atoms with Gasteiger partial charge < -0.3 is 19.9 Å². The number of rotatable bonds is 7. The number of fused-ring (bicyclic) bond motifs is 1. The average Bonchev–Trinajstić information content (AvgIpc) is 3.08. The number of nitrogens with zero attached hydrogens (tertiary/aromatic N) is 4. The number of benzene rings is 1. The molecule has 9 heteroatoms. The van der Waals surface area contributed by atoms with E-state index in [1.165, 1.54) is 0 Å². The van der Waals surface area contributed by atoms with Crippen molar-refractivity contribution >= 4 is 27.4 Å². The number of hydrogen-bond acceptors (Lipinski definition) is 7. The van der Waals surface area contributed by atoms with E-state index in [0.717, 1.165) is 22.8 Å². The molecule has 3 aromatic rings. The summed E-state index contributed by atoms with van der Waals surface area (Å²) in [5, 5.41) is 16.9. The molecule has 3 rings (SSSR count). The van der Waals surface area contributed by atoms with Gasteiger partial charge in [0.15, 0.2) is 17.3 Å². The van der Waals surface area contributed by atoms with Crippen molar-refractivity contribution in [3.8, 4) is 11.5 Å². The van der Waals surface area contributed by atoms with Crippen LogP contribution in [0.2, 0.25) is 0 Å². The third-order valence-corrected chi connectivity index (χ3v) is 4.72. The van der Waals surface area contributed by atoms with Gasteiger partial charge in [0, 0.05) is 24.6 Å². The Kier molecular flexibility index (Phi) is 5.58. The lowest BCUT2D eigenvalue weighted by Crippen LogP contribution is -2.08. The van der Waals surface area contributed by atoms with E-state index in [0.29, 0.717) is 34.9 Å². The lowest BCUT2D eigenvalue weighted by Gasteiger charge is -2.12. The van der Waals surface area contributed by atoms with E-state index in [1.807, 2.05) is 25.1 Å². The fraction of sp³-hybridized carbons (Fsp3) is 0.353. The number of halogens is 1. The lowest BCUT2D eigenvalue weighted by atomic mass is 10.2. The molecule has 26 heavy (non-hydrogen) atoms. The Morgan fingerprint density at radius 1 is 1.23 bits per heavy atom. The van der Waals surface area contributed by atoms with E-state index in [-0.39, 0.29) is 6.61 Å². The molecule has 0 bridgehead atoms. The maximum atomic E-state index is 9.14. The molecule has 0 fully saturated rings. The van der Waals surface area contributed by atoms with Crippen LogP contribution in [-0.2, 0) is 13.0 Å². The first kappa shape index (κ1) is 18.4. The van der Waals surface area contributed by atoms with Gasteiger partial charge in [-0.05, 0) is 35.0 Å². The number of aliphatic hydroxyl groups is 1. The van der Waals surface area contributed by atoms with Crippen LogP contribution in [0.1, 0.15) is 17.1 Å². The quantitative estimate of drug-likeness (QED) is 0.604. The Hall–Kier alpha value is -2.39. The smallest absolute Gasteiger partial charge is 0.198 e. The zero-order chi connectivity index (χ0) is 18.7. The van der Waals surface area contributed by atoms with E-state index >= 15 is 0 Å². The molecule has 8 nitrogen and oxygen atoms in total. The molecule has 0 amide bonds. The highest BCUT2D eigenvalue weighted by molar-refractivity contribution is 9.10. The highest BCUT2D eigenvalue weighted by atomic mass is 79.9. The van der Waals surface area contributed by atoms with Gasteiger partial charge in [-0.2, -0.15) is 5.10 Å². The third kappa shape index (κ3) is 3.58. The Balaban J connectivity index is 1.93. The third-order valence-electron chi connectivity index (χ3n) is 3.96. The number of aliphatic hydroxyl groups excluding tert-OH is 1. The van der Waals surface area contributed by atoms with Crippen molar-refractivity contribution in [2.75, 3.05) is 26.1 Å². The minimum absolute atomic E-state index is 0.00363. The first-order chi connectivity index (χ1) is 12.6. The van der Waals surface area contributed by atoms with Gasteiger partial charge in [-0.15, -0.1) is 0 Å². The maximum absolute atomic E-state index is 9.14. The van der Waals surface area contributed by atoms with Crippen molar-refractivity contribution in [1.29, 1.82) is 0 Å². The van der Waals surface area contributed by atoms with E-state index in [1.54, 1.807) is 18.7 Å². The van der Waals surface area contributed by atoms with Crippen LogP contribution in [-0.4, -0.2) is 45.5 Å². The molecule has 0 aliphatic carbocycles. The summed E-state index contributed by atoms with van der Waals surface area (Å²) in [4.78, 5) is 9.01. The first-order valence-electron chi connectivity index (χ1n) is 8.04. The molecule has 0 saturated heterocycles. The van der Waals surface area contributed by atoms with Crippen molar-refractivity contribution in [2.45, 2.75) is 19.9 Å². The predicted molar refractivity (Wildman–Crippen MR) is 101 cm³/mol. The first-order valence-corrected chi connectivity index (χ1v) is 8.84. The fourth-order valence-corrected chi connectivity index (χ4v) is 2.90. The van der Waals surface area contributed by atoms with Crippen molar-refractivity contribution in [3.63, 3.8) is 0 Å². The van der Waals surface area contributed by atoms with Gasteiger partial charge in [0.2, 0.25) is 0 Å². The van der Waals surface area contributed by atoms with Crippen molar-refractivity contribution in [1.82, 2.24) is 19.6 Å². The van der Waals surface area contributed by atoms with Crippen molar-refractivity contribution < 1.29 is 14.6 Å². The van der Waals surface area contributed by atoms with Crippen LogP contribution >= 0.6 is 15.9 Å². The number of anilines is 1. The zero-order valence-electron chi connectivity index (χ0n) is 14.8. The Bertz CT molecular complexity index is 928. The second-order valence-electron chi connectivity index (χ2n) is 5.61. The van der Waals surface area contributed by atoms with Gasteiger partial charge in [0.1, 0.15) is 16.1 Å². The molecule has 138 valence electrons. The summed E-state index contributed by atoms with van der Waals surface area (Å²) in [6, 6.07) is 5.65. The monoisotopic (exact) mass is 421 g/mol. The van der Waals surface area contributed by atoms with Gasteiger partial charge in [0.05, 0.1) is 26.5 Å². The summed E-state index contributed by atoms with van der Waals surface area (Å²) >= 11 is 3.46. The zero-order valence-corrected chi connectivity index (χ0v) is 16.4. The van der Waals surface area contributed by atoms with Crippen LogP contribution in [0.3, 0.4) is 0 Å². The topological polar surface area (TPSA) is 93.8 Å². The van der Waals surface area contributed by atoms with Crippen molar-refractivity contribution in [3.05, 3.63) is 39.9 Å². The largest absolute Gasteiger partial charge is 0.497 e. The van der Waals surface area contributed by atoms with Gasteiger partial charge >= 0.3 is 0 Å². The van der Waals surface area contributed by atoms with Gasteiger partial charge in [-0.1, -0.05) is 0 Å². The van der Waals surface area contributed by atoms with Crippen LogP contribution in [0.25, 0.3) is 5.65 Å². The molecule has 0 atom stereocenters. The summed E-state index contributed by atoms with van der Waals surface area (Å²) in [5.74, 6) is 2.62. The molecule has 1 aromatic carbocycles. The van der Waals surface area contributed by atoms with Crippen LogP contribution in [0.5, 0.6) is 11.5 Å².